The highest BCUT2D eigenvalue weighted by Gasteiger charge is 2.26. The molecule has 0 amide bonds. The van der Waals surface area contributed by atoms with Gasteiger partial charge in [-0.2, -0.15) is 0 Å². The molecule has 0 radical (unpaired) electrons. The number of halogens is 2. The van der Waals surface area contributed by atoms with Crippen LogP contribution in [-0.4, -0.2) is 13.1 Å². The van der Waals surface area contributed by atoms with Gasteiger partial charge in [-0.15, -0.1) is 0 Å². The van der Waals surface area contributed by atoms with Crippen molar-refractivity contribution in [1.29, 1.82) is 0 Å². The molecule has 3 unspecified atom stereocenters. The molecule has 0 aliphatic heterocycles. The Morgan fingerprint density at radius 3 is 2.74 bits per heavy atom. The summed E-state index contributed by atoms with van der Waals surface area (Å²) in [5.41, 5.74) is 1.20. The number of rotatable bonds is 4. The van der Waals surface area contributed by atoms with Crippen LogP contribution in [0.5, 0.6) is 0 Å². The van der Waals surface area contributed by atoms with Crippen molar-refractivity contribution in [2.24, 2.45) is 11.8 Å². The zero-order valence-corrected chi connectivity index (χ0v) is 13.3. The minimum atomic E-state index is 0.515. The first-order valence-electron chi connectivity index (χ1n) is 7.21. The SMILES string of the molecule is CNC(Cc1ccc(Cl)cc1Cl)C1CCCC(C)C1. The van der Waals surface area contributed by atoms with Crippen LogP contribution in [-0.2, 0) is 6.42 Å². The van der Waals surface area contributed by atoms with E-state index in [1.54, 1.807) is 0 Å². The molecule has 1 saturated carbocycles. The lowest BCUT2D eigenvalue weighted by molar-refractivity contribution is 0.227. The first kappa shape index (κ1) is 15.2. The Hall–Kier alpha value is -0.240. The van der Waals surface area contributed by atoms with Gasteiger partial charge in [-0.1, -0.05) is 49.0 Å². The van der Waals surface area contributed by atoms with Gasteiger partial charge in [0.2, 0.25) is 0 Å². The summed E-state index contributed by atoms with van der Waals surface area (Å²) in [5.74, 6) is 1.62. The molecule has 1 aliphatic rings. The van der Waals surface area contributed by atoms with E-state index in [0.717, 1.165) is 23.3 Å². The van der Waals surface area contributed by atoms with Gasteiger partial charge in [0.25, 0.3) is 0 Å². The normalized spacial score (nSPS) is 25.3. The van der Waals surface area contributed by atoms with Gasteiger partial charge in [-0.05, 0) is 55.8 Å². The molecule has 0 aromatic heterocycles. The van der Waals surface area contributed by atoms with E-state index >= 15 is 0 Å². The largest absolute Gasteiger partial charge is 0.316 e. The summed E-state index contributed by atoms with van der Waals surface area (Å²) in [6, 6.07) is 6.34. The van der Waals surface area contributed by atoms with E-state index in [1.165, 1.54) is 31.2 Å². The lowest BCUT2D eigenvalue weighted by Crippen LogP contribution is -2.38. The third kappa shape index (κ3) is 4.11. The predicted octanol–water partition coefficient (Wildman–Crippen LogP) is 4.95. The lowest BCUT2D eigenvalue weighted by atomic mass is 9.77. The van der Waals surface area contributed by atoms with Crippen LogP contribution in [0.25, 0.3) is 0 Å². The quantitative estimate of drug-likeness (QED) is 0.829. The van der Waals surface area contributed by atoms with Gasteiger partial charge in [-0.3, -0.25) is 0 Å². The van der Waals surface area contributed by atoms with Crippen LogP contribution >= 0.6 is 23.2 Å². The van der Waals surface area contributed by atoms with Gasteiger partial charge in [0.05, 0.1) is 0 Å². The molecule has 0 bridgehead atoms. The number of hydrogen-bond acceptors (Lipinski definition) is 1. The van der Waals surface area contributed by atoms with Crippen LogP contribution in [0.3, 0.4) is 0 Å². The van der Waals surface area contributed by atoms with Crippen molar-refractivity contribution in [1.82, 2.24) is 5.32 Å². The van der Waals surface area contributed by atoms with E-state index in [9.17, 15) is 0 Å². The van der Waals surface area contributed by atoms with Crippen molar-refractivity contribution in [3.05, 3.63) is 33.8 Å². The van der Waals surface area contributed by atoms with Gasteiger partial charge in [0, 0.05) is 16.1 Å². The van der Waals surface area contributed by atoms with Crippen LogP contribution in [0, 0.1) is 11.8 Å². The summed E-state index contributed by atoms with van der Waals surface area (Å²) in [6.45, 7) is 2.37. The first-order chi connectivity index (χ1) is 9.10. The van der Waals surface area contributed by atoms with Crippen LogP contribution in [0.4, 0.5) is 0 Å². The molecule has 1 aromatic carbocycles. The maximum atomic E-state index is 6.29. The second kappa shape index (κ2) is 6.97. The molecule has 0 spiro atoms. The third-order valence-electron chi connectivity index (χ3n) is 4.37. The zero-order valence-electron chi connectivity index (χ0n) is 11.8. The van der Waals surface area contributed by atoms with Crippen molar-refractivity contribution in [3.63, 3.8) is 0 Å². The average Bonchev–Trinajstić information content (AvgIpc) is 2.38. The molecular formula is C16H23Cl2N. The van der Waals surface area contributed by atoms with Crippen LogP contribution < -0.4 is 5.32 Å². The van der Waals surface area contributed by atoms with Crippen LogP contribution in [0.15, 0.2) is 18.2 Å². The molecule has 1 aliphatic carbocycles. The molecule has 0 heterocycles. The summed E-state index contributed by atoms with van der Waals surface area (Å²) < 4.78 is 0. The highest BCUT2D eigenvalue weighted by molar-refractivity contribution is 6.35. The minimum absolute atomic E-state index is 0.515. The Labute approximate surface area is 126 Å². The van der Waals surface area contributed by atoms with Crippen LogP contribution in [0.1, 0.15) is 38.2 Å². The Morgan fingerprint density at radius 1 is 1.32 bits per heavy atom. The third-order valence-corrected chi connectivity index (χ3v) is 4.96. The topological polar surface area (TPSA) is 12.0 Å². The zero-order chi connectivity index (χ0) is 13.8. The highest BCUT2D eigenvalue weighted by atomic mass is 35.5. The predicted molar refractivity (Wildman–Crippen MR) is 84.1 cm³/mol. The van der Waals surface area contributed by atoms with Crippen molar-refractivity contribution in [3.8, 4) is 0 Å². The van der Waals surface area contributed by atoms with Crippen molar-refractivity contribution in [2.75, 3.05) is 7.05 Å². The van der Waals surface area contributed by atoms with Gasteiger partial charge < -0.3 is 5.32 Å². The van der Waals surface area contributed by atoms with Crippen molar-refractivity contribution < 1.29 is 0 Å². The van der Waals surface area contributed by atoms with Gasteiger partial charge in [0.1, 0.15) is 0 Å². The molecule has 3 heteroatoms. The maximum Gasteiger partial charge on any atom is 0.0453 e. The van der Waals surface area contributed by atoms with E-state index in [0.29, 0.717) is 11.1 Å². The lowest BCUT2D eigenvalue weighted by Gasteiger charge is -2.33. The molecule has 1 nitrogen and oxygen atoms in total. The van der Waals surface area contributed by atoms with Gasteiger partial charge in [-0.25, -0.2) is 0 Å². The van der Waals surface area contributed by atoms with Gasteiger partial charge in [0.15, 0.2) is 0 Å². The van der Waals surface area contributed by atoms with Crippen molar-refractivity contribution in [2.45, 2.75) is 45.1 Å². The molecule has 19 heavy (non-hydrogen) atoms. The Balaban J connectivity index is 2.05. The number of likely N-dealkylation sites (N-methyl/N-ethyl adjacent to an activating group) is 1. The Kier molecular flexibility index (Phi) is 5.56. The minimum Gasteiger partial charge on any atom is -0.316 e. The summed E-state index contributed by atoms with van der Waals surface area (Å²) >= 11 is 12.2. The molecular weight excluding hydrogens is 277 g/mol. The van der Waals surface area contributed by atoms with Crippen molar-refractivity contribution >= 4 is 23.2 Å². The molecule has 1 aromatic rings. The molecule has 1 fully saturated rings. The second-order valence-corrected chi connectivity index (χ2v) is 6.71. The summed E-state index contributed by atoms with van der Waals surface area (Å²) in [5, 5.41) is 4.99. The first-order valence-corrected chi connectivity index (χ1v) is 7.97. The average molecular weight is 300 g/mol. The number of nitrogens with one attached hydrogen (secondary N) is 1. The highest BCUT2D eigenvalue weighted by Crippen LogP contribution is 2.33. The summed E-state index contributed by atoms with van der Waals surface area (Å²) in [7, 11) is 2.06. The number of benzene rings is 1. The molecule has 2 rings (SSSR count). The van der Waals surface area contributed by atoms with Gasteiger partial charge >= 0.3 is 0 Å². The Morgan fingerprint density at radius 2 is 2.11 bits per heavy atom. The van der Waals surface area contributed by atoms with Crippen LogP contribution in [0.2, 0.25) is 10.0 Å². The fourth-order valence-electron chi connectivity index (χ4n) is 3.28. The molecule has 1 N–H and O–H groups in total. The van der Waals surface area contributed by atoms with E-state index < -0.39 is 0 Å². The second-order valence-electron chi connectivity index (χ2n) is 5.87. The van der Waals surface area contributed by atoms with E-state index in [2.05, 4.69) is 25.4 Å². The fourth-order valence-corrected chi connectivity index (χ4v) is 3.76. The standard InChI is InChI=1S/C16H23Cl2N/c1-11-4-3-5-13(8-11)16(19-2)9-12-6-7-14(17)10-15(12)18/h6-7,10-11,13,16,19H,3-5,8-9H2,1-2H3. The molecule has 106 valence electrons. The van der Waals surface area contributed by atoms with E-state index in [4.69, 9.17) is 23.2 Å². The van der Waals surface area contributed by atoms with E-state index in [-0.39, 0.29) is 0 Å². The monoisotopic (exact) mass is 299 g/mol. The molecule has 3 atom stereocenters. The Bertz CT molecular complexity index is 419. The maximum absolute atomic E-state index is 6.29. The number of hydrogen-bond donors (Lipinski definition) is 1. The summed E-state index contributed by atoms with van der Waals surface area (Å²) in [4.78, 5) is 0. The summed E-state index contributed by atoms with van der Waals surface area (Å²) in [6.07, 6.45) is 6.40. The van der Waals surface area contributed by atoms with E-state index in [1.807, 2.05) is 12.1 Å². The fraction of sp³-hybridized carbons (Fsp3) is 0.625. The molecule has 0 saturated heterocycles. The smallest absolute Gasteiger partial charge is 0.0453 e.